The van der Waals surface area contributed by atoms with Gasteiger partial charge in [0.2, 0.25) is 0 Å². The third-order valence-electron chi connectivity index (χ3n) is 3.31. The monoisotopic (exact) mass is 304 g/mol. The Balaban J connectivity index is 2.28. The molecule has 1 heterocycles. The molecule has 1 aromatic carbocycles. The lowest BCUT2D eigenvalue weighted by Gasteiger charge is -2.15. The van der Waals surface area contributed by atoms with E-state index < -0.39 is 11.9 Å². The molecule has 0 fully saturated rings. The van der Waals surface area contributed by atoms with E-state index in [1.165, 1.54) is 11.3 Å². The van der Waals surface area contributed by atoms with E-state index in [0.29, 0.717) is 0 Å². The second kappa shape index (κ2) is 5.85. The van der Waals surface area contributed by atoms with Gasteiger partial charge in [-0.1, -0.05) is 39.0 Å². The Morgan fingerprint density at radius 2 is 2.00 bits per heavy atom. The predicted molar refractivity (Wildman–Crippen MR) is 86.6 cm³/mol. The lowest BCUT2D eigenvalue weighted by molar-refractivity contribution is -0.138. The first-order chi connectivity index (χ1) is 9.79. The van der Waals surface area contributed by atoms with Crippen LogP contribution in [-0.4, -0.2) is 16.1 Å². The molecule has 112 valence electrons. The summed E-state index contributed by atoms with van der Waals surface area (Å²) in [7, 11) is 0. The first kappa shape index (κ1) is 15.5. The largest absolute Gasteiger partial charge is 0.481 e. The molecule has 2 aromatic rings. The molecule has 0 radical (unpaired) electrons. The second-order valence-electron chi connectivity index (χ2n) is 6.06. The van der Waals surface area contributed by atoms with Gasteiger partial charge in [0.1, 0.15) is 0 Å². The number of nitrogens with zero attached hydrogens (tertiary/aromatic N) is 1. The molecule has 0 saturated heterocycles. The van der Waals surface area contributed by atoms with Crippen LogP contribution in [0.4, 0.5) is 10.8 Å². The topological polar surface area (TPSA) is 62.2 Å². The zero-order valence-electron chi connectivity index (χ0n) is 12.7. The van der Waals surface area contributed by atoms with Crippen molar-refractivity contribution in [1.29, 1.82) is 0 Å². The Hall–Kier alpha value is -1.88. The van der Waals surface area contributed by atoms with E-state index in [1.807, 2.05) is 29.6 Å². The molecule has 0 saturated carbocycles. The van der Waals surface area contributed by atoms with Crippen LogP contribution in [0.2, 0.25) is 0 Å². The summed E-state index contributed by atoms with van der Waals surface area (Å²) in [5.41, 5.74) is 2.59. The average Bonchev–Trinajstić information content (AvgIpc) is 2.87. The van der Waals surface area contributed by atoms with Crippen LogP contribution >= 0.6 is 11.3 Å². The minimum absolute atomic E-state index is 0.00427. The van der Waals surface area contributed by atoms with Gasteiger partial charge in [-0.25, -0.2) is 4.98 Å². The molecule has 0 bridgehead atoms. The average molecular weight is 304 g/mol. The highest BCUT2D eigenvalue weighted by Gasteiger charge is 2.20. The van der Waals surface area contributed by atoms with Crippen molar-refractivity contribution in [1.82, 2.24) is 4.98 Å². The summed E-state index contributed by atoms with van der Waals surface area (Å²) in [5, 5.41) is 15.3. The fourth-order valence-electron chi connectivity index (χ4n) is 1.91. The van der Waals surface area contributed by atoms with Gasteiger partial charge >= 0.3 is 5.97 Å². The number of hydrogen-bond acceptors (Lipinski definition) is 4. The zero-order valence-corrected chi connectivity index (χ0v) is 13.5. The van der Waals surface area contributed by atoms with Crippen molar-refractivity contribution < 1.29 is 9.90 Å². The highest BCUT2D eigenvalue weighted by molar-refractivity contribution is 7.13. The van der Waals surface area contributed by atoms with Gasteiger partial charge in [-0.15, -0.1) is 11.3 Å². The first-order valence-electron chi connectivity index (χ1n) is 6.84. The number of carboxylic acids is 1. The Labute approximate surface area is 128 Å². The number of carbonyl (C=O) groups is 1. The van der Waals surface area contributed by atoms with Crippen molar-refractivity contribution in [3.63, 3.8) is 0 Å². The Bertz CT molecular complexity index is 644. The van der Waals surface area contributed by atoms with E-state index >= 15 is 0 Å². The standard InChI is InChI=1S/C16H20N2O2S/c1-10(14(19)20)11-7-5-6-8-12(11)17-15-18-13(9-21-15)16(2,3)4/h5-10H,1-4H3,(H,17,18)(H,19,20)/t10-/m0/s1. The molecule has 2 rings (SSSR count). The number of hydrogen-bond donors (Lipinski definition) is 2. The van der Waals surface area contributed by atoms with Crippen LogP contribution in [0.3, 0.4) is 0 Å². The summed E-state index contributed by atoms with van der Waals surface area (Å²) in [5.74, 6) is -1.39. The van der Waals surface area contributed by atoms with E-state index in [1.54, 1.807) is 6.92 Å². The number of aliphatic carboxylic acids is 1. The molecule has 4 nitrogen and oxygen atoms in total. The molecule has 0 amide bonds. The normalized spacial score (nSPS) is 13.0. The van der Waals surface area contributed by atoms with Crippen molar-refractivity contribution in [2.75, 3.05) is 5.32 Å². The van der Waals surface area contributed by atoms with Crippen LogP contribution in [0.5, 0.6) is 0 Å². The highest BCUT2D eigenvalue weighted by atomic mass is 32.1. The molecule has 0 spiro atoms. The molecule has 0 aliphatic heterocycles. The second-order valence-corrected chi connectivity index (χ2v) is 6.92. The van der Waals surface area contributed by atoms with Gasteiger partial charge in [0.05, 0.1) is 11.6 Å². The molecule has 5 heteroatoms. The Kier molecular flexibility index (Phi) is 4.32. The fraction of sp³-hybridized carbons (Fsp3) is 0.375. The summed E-state index contributed by atoms with van der Waals surface area (Å²) in [6.07, 6.45) is 0. The van der Waals surface area contributed by atoms with Crippen molar-refractivity contribution in [2.24, 2.45) is 0 Å². The number of para-hydroxylation sites is 1. The fourth-order valence-corrected chi connectivity index (χ4v) is 2.86. The number of rotatable bonds is 4. The van der Waals surface area contributed by atoms with Crippen LogP contribution in [0, 0.1) is 0 Å². The van der Waals surface area contributed by atoms with Crippen LogP contribution in [0.1, 0.15) is 44.9 Å². The van der Waals surface area contributed by atoms with E-state index in [-0.39, 0.29) is 5.41 Å². The van der Waals surface area contributed by atoms with Gasteiger partial charge in [0, 0.05) is 16.5 Å². The Morgan fingerprint density at radius 1 is 1.33 bits per heavy atom. The first-order valence-corrected chi connectivity index (χ1v) is 7.72. The predicted octanol–water partition coefficient (Wildman–Crippen LogP) is 4.37. The molecule has 2 N–H and O–H groups in total. The van der Waals surface area contributed by atoms with E-state index in [2.05, 4.69) is 31.1 Å². The van der Waals surface area contributed by atoms with E-state index in [9.17, 15) is 9.90 Å². The quantitative estimate of drug-likeness (QED) is 0.880. The molecule has 1 atom stereocenters. The van der Waals surface area contributed by atoms with Gasteiger partial charge in [0.25, 0.3) is 0 Å². The van der Waals surface area contributed by atoms with Gasteiger partial charge < -0.3 is 10.4 Å². The van der Waals surface area contributed by atoms with Gasteiger partial charge in [-0.3, -0.25) is 4.79 Å². The molecular weight excluding hydrogens is 284 g/mol. The molecule has 0 aliphatic rings. The third kappa shape index (κ3) is 3.61. The number of thiazole rings is 1. The zero-order chi connectivity index (χ0) is 15.6. The molecule has 0 unspecified atom stereocenters. The van der Waals surface area contributed by atoms with Crippen molar-refractivity contribution in [3.8, 4) is 0 Å². The van der Waals surface area contributed by atoms with Crippen LogP contribution in [0.25, 0.3) is 0 Å². The summed E-state index contributed by atoms with van der Waals surface area (Å²) < 4.78 is 0. The number of anilines is 2. The number of nitrogens with one attached hydrogen (secondary N) is 1. The van der Waals surface area contributed by atoms with Gasteiger partial charge in [-0.2, -0.15) is 0 Å². The molecular formula is C16H20N2O2S. The van der Waals surface area contributed by atoms with E-state index in [4.69, 9.17) is 0 Å². The van der Waals surface area contributed by atoms with Gasteiger partial charge in [-0.05, 0) is 18.6 Å². The summed E-state index contributed by atoms with van der Waals surface area (Å²) in [6.45, 7) is 8.04. The van der Waals surface area contributed by atoms with E-state index in [0.717, 1.165) is 22.1 Å². The number of aromatic nitrogens is 1. The summed E-state index contributed by atoms with van der Waals surface area (Å²) in [6, 6.07) is 7.45. The Morgan fingerprint density at radius 3 is 2.57 bits per heavy atom. The molecule has 1 aromatic heterocycles. The lowest BCUT2D eigenvalue weighted by atomic mass is 9.93. The summed E-state index contributed by atoms with van der Waals surface area (Å²) >= 11 is 1.53. The van der Waals surface area contributed by atoms with Crippen molar-refractivity contribution >= 4 is 28.1 Å². The maximum absolute atomic E-state index is 11.2. The number of carboxylic acid groups (broad SMARTS) is 1. The molecule has 21 heavy (non-hydrogen) atoms. The summed E-state index contributed by atoms with van der Waals surface area (Å²) in [4.78, 5) is 15.8. The van der Waals surface area contributed by atoms with Gasteiger partial charge in [0.15, 0.2) is 5.13 Å². The third-order valence-corrected chi connectivity index (χ3v) is 4.07. The lowest BCUT2D eigenvalue weighted by Crippen LogP contribution is -2.12. The van der Waals surface area contributed by atoms with Crippen LogP contribution < -0.4 is 5.32 Å². The molecule has 0 aliphatic carbocycles. The maximum Gasteiger partial charge on any atom is 0.310 e. The van der Waals surface area contributed by atoms with Crippen molar-refractivity contribution in [3.05, 3.63) is 40.9 Å². The minimum atomic E-state index is -0.834. The van der Waals surface area contributed by atoms with Crippen LogP contribution in [0.15, 0.2) is 29.6 Å². The maximum atomic E-state index is 11.2. The highest BCUT2D eigenvalue weighted by Crippen LogP contribution is 2.31. The SMILES string of the molecule is C[C@H](C(=O)O)c1ccccc1Nc1nc(C(C)(C)C)cs1. The van der Waals surface area contributed by atoms with Crippen LogP contribution in [-0.2, 0) is 10.2 Å². The minimum Gasteiger partial charge on any atom is -0.481 e. The van der Waals surface area contributed by atoms with Crippen molar-refractivity contribution in [2.45, 2.75) is 39.0 Å². The smallest absolute Gasteiger partial charge is 0.310 e. The number of benzene rings is 1.